The third-order valence-electron chi connectivity index (χ3n) is 3.24. The molecule has 21 heavy (non-hydrogen) atoms. The molecular formula is C15H16O6. The van der Waals surface area contributed by atoms with Gasteiger partial charge < -0.3 is 20.1 Å². The molecule has 0 aromatic heterocycles. The van der Waals surface area contributed by atoms with Crippen LogP contribution in [0.2, 0.25) is 0 Å². The largest absolute Gasteiger partial charge is 0.507 e. The number of aliphatic hydroxyl groups is 2. The number of hydrogen-bond acceptors (Lipinski definition) is 6. The third-order valence-corrected chi connectivity index (χ3v) is 3.24. The van der Waals surface area contributed by atoms with E-state index in [1.807, 2.05) is 0 Å². The van der Waals surface area contributed by atoms with Gasteiger partial charge in [0.05, 0.1) is 6.10 Å². The van der Waals surface area contributed by atoms with Crippen LogP contribution < -0.4 is 0 Å². The molecule has 0 radical (unpaired) electrons. The molecule has 0 saturated heterocycles. The van der Waals surface area contributed by atoms with Crippen LogP contribution in [-0.2, 0) is 9.53 Å². The van der Waals surface area contributed by atoms with Crippen LogP contribution in [0.1, 0.15) is 23.2 Å². The fourth-order valence-corrected chi connectivity index (χ4v) is 2.08. The minimum absolute atomic E-state index is 0.0228. The van der Waals surface area contributed by atoms with Crippen molar-refractivity contribution in [3.63, 3.8) is 0 Å². The van der Waals surface area contributed by atoms with Crippen molar-refractivity contribution in [2.75, 3.05) is 0 Å². The summed E-state index contributed by atoms with van der Waals surface area (Å²) in [7, 11) is 0. The lowest BCUT2D eigenvalue weighted by atomic mass is 9.97. The second kappa shape index (κ2) is 6.51. The number of para-hydroxylation sites is 1. The summed E-state index contributed by atoms with van der Waals surface area (Å²) in [6.07, 6.45) is -0.678. The van der Waals surface area contributed by atoms with E-state index in [0.717, 1.165) is 6.08 Å². The number of aliphatic hydroxyl groups excluding tert-OH is 2. The first kappa shape index (κ1) is 15.2. The summed E-state index contributed by atoms with van der Waals surface area (Å²) in [5.41, 5.74) is 0.0228. The molecular weight excluding hydrogens is 276 g/mol. The molecule has 6 nitrogen and oxygen atoms in total. The standard InChI is InChI=1S/C15H16O6/c16-11-6-2-1-5-10(11)15(20)21-9-4-3-7-12(17)14(19)13(18)8-9/h1-3,5-7,9,13-14,16,18-19H,4,8H2/b7-3-. The molecule has 1 aliphatic rings. The molecule has 0 amide bonds. The molecule has 1 aromatic rings. The number of phenolic OH excluding ortho intramolecular Hbond substituents is 1. The smallest absolute Gasteiger partial charge is 0.342 e. The number of phenols is 1. The first-order valence-electron chi connectivity index (χ1n) is 6.54. The second-order valence-electron chi connectivity index (χ2n) is 4.83. The average molecular weight is 292 g/mol. The Kier molecular flexibility index (Phi) is 4.72. The number of benzene rings is 1. The summed E-state index contributed by atoms with van der Waals surface area (Å²) < 4.78 is 5.22. The minimum atomic E-state index is -1.52. The van der Waals surface area contributed by atoms with Gasteiger partial charge >= 0.3 is 5.97 Å². The maximum absolute atomic E-state index is 12.0. The maximum atomic E-state index is 12.0. The molecule has 0 bridgehead atoms. The van der Waals surface area contributed by atoms with E-state index < -0.39 is 30.1 Å². The van der Waals surface area contributed by atoms with Gasteiger partial charge in [-0.1, -0.05) is 18.2 Å². The highest BCUT2D eigenvalue weighted by Crippen LogP contribution is 2.21. The van der Waals surface area contributed by atoms with Gasteiger partial charge in [-0.25, -0.2) is 4.79 Å². The molecule has 0 aliphatic heterocycles. The molecule has 3 N–H and O–H groups in total. The Balaban J connectivity index is 2.08. The predicted molar refractivity (Wildman–Crippen MR) is 72.7 cm³/mol. The fourth-order valence-electron chi connectivity index (χ4n) is 2.08. The monoisotopic (exact) mass is 292 g/mol. The van der Waals surface area contributed by atoms with Crippen LogP contribution in [0.3, 0.4) is 0 Å². The molecule has 0 heterocycles. The Hall–Kier alpha value is -2.18. The summed E-state index contributed by atoms with van der Waals surface area (Å²) in [6, 6.07) is 5.96. The van der Waals surface area contributed by atoms with E-state index in [9.17, 15) is 24.9 Å². The molecule has 1 aromatic carbocycles. The molecule has 0 fully saturated rings. The van der Waals surface area contributed by atoms with Crippen molar-refractivity contribution in [3.8, 4) is 5.75 Å². The van der Waals surface area contributed by atoms with Gasteiger partial charge in [0.1, 0.15) is 23.5 Å². The fraction of sp³-hybridized carbons (Fsp3) is 0.333. The molecule has 1 aliphatic carbocycles. The number of aromatic hydroxyl groups is 1. The van der Waals surface area contributed by atoms with E-state index in [1.54, 1.807) is 12.1 Å². The van der Waals surface area contributed by atoms with Gasteiger partial charge in [-0.2, -0.15) is 0 Å². The predicted octanol–water partition coefficient (Wildman–Crippen LogP) is 0.558. The van der Waals surface area contributed by atoms with Gasteiger partial charge in [0, 0.05) is 12.8 Å². The molecule has 2 rings (SSSR count). The Morgan fingerprint density at radius 3 is 2.67 bits per heavy atom. The van der Waals surface area contributed by atoms with Crippen LogP contribution in [0.15, 0.2) is 36.4 Å². The zero-order chi connectivity index (χ0) is 15.4. The van der Waals surface area contributed by atoms with Crippen LogP contribution in [0, 0.1) is 0 Å². The Morgan fingerprint density at radius 1 is 1.24 bits per heavy atom. The van der Waals surface area contributed by atoms with Crippen molar-refractivity contribution in [1.29, 1.82) is 0 Å². The molecule has 0 saturated carbocycles. The lowest BCUT2D eigenvalue weighted by Gasteiger charge is -2.23. The third kappa shape index (κ3) is 3.68. The molecule has 6 heteroatoms. The lowest BCUT2D eigenvalue weighted by molar-refractivity contribution is -0.129. The Labute approximate surface area is 121 Å². The van der Waals surface area contributed by atoms with E-state index in [2.05, 4.69) is 0 Å². The maximum Gasteiger partial charge on any atom is 0.342 e. The van der Waals surface area contributed by atoms with E-state index in [4.69, 9.17) is 4.74 Å². The van der Waals surface area contributed by atoms with Crippen LogP contribution >= 0.6 is 0 Å². The SMILES string of the molecule is O=C(OC1C/C=C\C(=O)C(O)C(O)C1)c1ccccc1O. The van der Waals surface area contributed by atoms with Gasteiger partial charge in [0.2, 0.25) is 0 Å². The summed E-state index contributed by atoms with van der Waals surface area (Å²) >= 11 is 0. The van der Waals surface area contributed by atoms with Gasteiger partial charge in [0.15, 0.2) is 5.78 Å². The summed E-state index contributed by atoms with van der Waals surface area (Å²) in [5, 5.41) is 28.8. The van der Waals surface area contributed by atoms with Gasteiger partial charge in [0.25, 0.3) is 0 Å². The zero-order valence-electron chi connectivity index (χ0n) is 11.2. The minimum Gasteiger partial charge on any atom is -0.507 e. The van der Waals surface area contributed by atoms with Crippen LogP contribution in [-0.4, -0.2) is 45.4 Å². The first-order chi connectivity index (χ1) is 9.99. The van der Waals surface area contributed by atoms with Crippen molar-refractivity contribution < 1.29 is 29.6 Å². The van der Waals surface area contributed by atoms with E-state index in [1.165, 1.54) is 18.2 Å². The number of esters is 1. The highest BCUT2D eigenvalue weighted by molar-refractivity contribution is 5.94. The van der Waals surface area contributed by atoms with Crippen LogP contribution in [0.5, 0.6) is 5.75 Å². The Morgan fingerprint density at radius 2 is 1.95 bits per heavy atom. The number of ketones is 1. The summed E-state index contributed by atoms with van der Waals surface area (Å²) in [6.45, 7) is 0. The number of carbonyl (C=O) groups excluding carboxylic acids is 2. The molecule has 0 spiro atoms. The van der Waals surface area contributed by atoms with Gasteiger partial charge in [-0.3, -0.25) is 4.79 Å². The van der Waals surface area contributed by atoms with Crippen molar-refractivity contribution in [3.05, 3.63) is 42.0 Å². The number of rotatable bonds is 2. The average Bonchev–Trinajstić information content (AvgIpc) is 2.45. The normalized spacial score (nSPS) is 27.5. The molecule has 112 valence electrons. The van der Waals surface area contributed by atoms with Gasteiger partial charge in [-0.05, 0) is 18.2 Å². The number of hydrogen-bond donors (Lipinski definition) is 3. The second-order valence-corrected chi connectivity index (χ2v) is 4.83. The van der Waals surface area contributed by atoms with Gasteiger partial charge in [-0.15, -0.1) is 0 Å². The van der Waals surface area contributed by atoms with Crippen molar-refractivity contribution in [2.45, 2.75) is 31.2 Å². The van der Waals surface area contributed by atoms with Crippen molar-refractivity contribution in [1.82, 2.24) is 0 Å². The summed E-state index contributed by atoms with van der Waals surface area (Å²) in [5.74, 6) is -1.49. The van der Waals surface area contributed by atoms with E-state index >= 15 is 0 Å². The van der Waals surface area contributed by atoms with Crippen molar-refractivity contribution in [2.24, 2.45) is 0 Å². The number of carbonyl (C=O) groups is 2. The van der Waals surface area contributed by atoms with E-state index in [0.29, 0.717) is 0 Å². The Bertz CT molecular complexity index is 565. The highest BCUT2D eigenvalue weighted by Gasteiger charge is 2.29. The summed E-state index contributed by atoms with van der Waals surface area (Å²) in [4.78, 5) is 23.3. The number of ether oxygens (including phenoxy) is 1. The van der Waals surface area contributed by atoms with Crippen molar-refractivity contribution >= 4 is 11.8 Å². The zero-order valence-corrected chi connectivity index (χ0v) is 11.2. The molecule has 3 unspecified atom stereocenters. The quantitative estimate of drug-likeness (QED) is 0.688. The van der Waals surface area contributed by atoms with E-state index in [-0.39, 0.29) is 24.2 Å². The van der Waals surface area contributed by atoms with Crippen LogP contribution in [0.4, 0.5) is 0 Å². The molecule has 3 atom stereocenters. The first-order valence-corrected chi connectivity index (χ1v) is 6.54. The highest BCUT2D eigenvalue weighted by atomic mass is 16.5. The topological polar surface area (TPSA) is 104 Å². The lowest BCUT2D eigenvalue weighted by Crippen LogP contribution is -2.37. The van der Waals surface area contributed by atoms with Crippen LogP contribution in [0.25, 0.3) is 0 Å².